The Hall–Kier alpha value is -1.54. The topological polar surface area (TPSA) is 17.1 Å². The summed E-state index contributed by atoms with van der Waals surface area (Å²) in [6.07, 6.45) is 3.42. The Bertz CT molecular complexity index is 599. The van der Waals surface area contributed by atoms with Gasteiger partial charge in [0.05, 0.1) is 0 Å². The van der Waals surface area contributed by atoms with Gasteiger partial charge in [-0.15, -0.1) is 11.8 Å². The highest BCUT2D eigenvalue weighted by molar-refractivity contribution is 7.98. The highest BCUT2D eigenvalue weighted by Crippen LogP contribution is 2.17. The number of carbonyl (C=O) groups is 1. The molecule has 0 saturated heterocycles. The molecule has 1 nitrogen and oxygen atoms in total. The lowest BCUT2D eigenvalue weighted by Crippen LogP contribution is -2.01. The second-order valence-electron chi connectivity index (χ2n) is 5.07. The summed E-state index contributed by atoms with van der Waals surface area (Å²) < 4.78 is 0. The van der Waals surface area contributed by atoms with Crippen molar-refractivity contribution < 1.29 is 4.79 Å². The number of ketones is 1. The van der Waals surface area contributed by atoms with E-state index in [-0.39, 0.29) is 5.78 Å². The van der Waals surface area contributed by atoms with E-state index in [1.54, 1.807) is 11.8 Å². The zero-order chi connectivity index (χ0) is 14.5. The highest BCUT2D eigenvalue weighted by atomic mass is 32.2. The minimum atomic E-state index is 0.218. The molecule has 2 rings (SSSR count). The van der Waals surface area contributed by atoms with Crippen LogP contribution in [0.3, 0.4) is 0 Å². The second kappa shape index (κ2) is 6.76. The van der Waals surface area contributed by atoms with E-state index >= 15 is 0 Å². The van der Waals surface area contributed by atoms with Gasteiger partial charge in [-0.3, -0.25) is 4.79 Å². The predicted molar refractivity (Wildman–Crippen MR) is 86.8 cm³/mol. The summed E-state index contributed by atoms with van der Waals surface area (Å²) in [5.74, 6) is 0.218. The summed E-state index contributed by atoms with van der Waals surface area (Å²) in [5, 5.41) is 0. The van der Waals surface area contributed by atoms with Gasteiger partial charge in [0.15, 0.2) is 5.78 Å². The smallest absolute Gasteiger partial charge is 0.163 e. The first-order valence-corrected chi connectivity index (χ1v) is 8.06. The summed E-state index contributed by atoms with van der Waals surface area (Å²) in [4.78, 5) is 13.4. The van der Waals surface area contributed by atoms with Gasteiger partial charge in [-0.1, -0.05) is 30.3 Å². The van der Waals surface area contributed by atoms with Crippen LogP contribution in [0.4, 0.5) is 0 Å². The Balaban J connectivity index is 1.98. The third kappa shape index (κ3) is 3.73. The first-order chi connectivity index (χ1) is 9.60. The van der Waals surface area contributed by atoms with Gasteiger partial charge in [0, 0.05) is 16.9 Å². The monoisotopic (exact) mass is 284 g/mol. The molecule has 0 heterocycles. The van der Waals surface area contributed by atoms with E-state index < -0.39 is 0 Å². The number of Topliss-reactive ketones (excluding diaryl/α,β-unsaturated/α-hetero) is 1. The summed E-state index contributed by atoms with van der Waals surface area (Å²) >= 11 is 1.69. The Morgan fingerprint density at radius 2 is 1.70 bits per heavy atom. The molecule has 0 bridgehead atoms. The molecule has 0 aliphatic rings. The van der Waals surface area contributed by atoms with Crippen molar-refractivity contribution in [1.29, 1.82) is 0 Å². The first kappa shape index (κ1) is 14.9. The van der Waals surface area contributed by atoms with Crippen LogP contribution in [0.15, 0.2) is 47.4 Å². The molecule has 0 unspecified atom stereocenters. The maximum Gasteiger partial charge on any atom is 0.163 e. The Morgan fingerprint density at radius 3 is 2.30 bits per heavy atom. The van der Waals surface area contributed by atoms with E-state index in [2.05, 4.69) is 32.0 Å². The van der Waals surface area contributed by atoms with Gasteiger partial charge in [-0.2, -0.15) is 0 Å². The fraction of sp³-hybridized carbons (Fsp3) is 0.278. The SMILES string of the molecule is CSc1ccc(C(=O)CCc2ccc(C)c(C)c2)cc1. The molecule has 0 fully saturated rings. The molecule has 0 atom stereocenters. The van der Waals surface area contributed by atoms with Crippen molar-refractivity contribution >= 4 is 17.5 Å². The molecule has 2 aromatic rings. The van der Waals surface area contributed by atoms with Gasteiger partial charge >= 0.3 is 0 Å². The van der Waals surface area contributed by atoms with E-state index in [0.717, 1.165) is 12.0 Å². The number of benzene rings is 2. The molecule has 104 valence electrons. The van der Waals surface area contributed by atoms with Crippen LogP contribution in [0.25, 0.3) is 0 Å². The molecule has 2 aromatic carbocycles. The largest absolute Gasteiger partial charge is 0.294 e. The summed E-state index contributed by atoms with van der Waals surface area (Å²) in [6, 6.07) is 14.3. The lowest BCUT2D eigenvalue weighted by atomic mass is 10.00. The van der Waals surface area contributed by atoms with Crippen molar-refractivity contribution in [2.75, 3.05) is 6.26 Å². The molecule has 0 radical (unpaired) electrons. The van der Waals surface area contributed by atoms with Crippen LogP contribution in [0.2, 0.25) is 0 Å². The quantitative estimate of drug-likeness (QED) is 0.577. The molecule has 0 amide bonds. The molecule has 2 heteroatoms. The van der Waals surface area contributed by atoms with Crippen molar-refractivity contribution in [3.63, 3.8) is 0 Å². The molecule has 0 aromatic heterocycles. The third-order valence-corrected chi connectivity index (χ3v) is 4.37. The van der Waals surface area contributed by atoms with Crippen molar-refractivity contribution in [2.45, 2.75) is 31.6 Å². The van der Waals surface area contributed by atoms with Crippen LogP contribution < -0.4 is 0 Å². The molecule has 0 aliphatic heterocycles. The molecule has 0 saturated carbocycles. The standard InChI is InChI=1S/C18H20OS/c1-13-4-5-15(12-14(13)2)6-11-18(19)16-7-9-17(20-3)10-8-16/h4-5,7-10,12H,6,11H2,1-3H3. The van der Waals surface area contributed by atoms with E-state index in [9.17, 15) is 4.79 Å². The van der Waals surface area contributed by atoms with E-state index in [1.165, 1.54) is 21.6 Å². The Kier molecular flexibility index (Phi) is 5.02. The normalized spacial score (nSPS) is 10.6. The van der Waals surface area contributed by atoms with E-state index in [1.807, 2.05) is 30.5 Å². The Labute approximate surface area is 125 Å². The van der Waals surface area contributed by atoms with Gasteiger partial charge < -0.3 is 0 Å². The summed E-state index contributed by atoms with van der Waals surface area (Å²) in [6.45, 7) is 4.22. The zero-order valence-corrected chi connectivity index (χ0v) is 13.1. The lowest BCUT2D eigenvalue weighted by molar-refractivity contribution is 0.0983. The molecular weight excluding hydrogens is 264 g/mol. The van der Waals surface area contributed by atoms with E-state index in [0.29, 0.717) is 6.42 Å². The van der Waals surface area contributed by atoms with Gasteiger partial charge in [0.2, 0.25) is 0 Å². The van der Waals surface area contributed by atoms with Crippen molar-refractivity contribution in [3.05, 3.63) is 64.7 Å². The van der Waals surface area contributed by atoms with Crippen LogP contribution in [-0.2, 0) is 6.42 Å². The number of rotatable bonds is 5. The minimum absolute atomic E-state index is 0.218. The predicted octanol–water partition coefficient (Wildman–Crippen LogP) is 4.84. The second-order valence-corrected chi connectivity index (χ2v) is 5.95. The van der Waals surface area contributed by atoms with Crippen molar-refractivity contribution in [1.82, 2.24) is 0 Å². The number of aryl methyl sites for hydroxylation is 3. The van der Waals surface area contributed by atoms with Gasteiger partial charge in [0.25, 0.3) is 0 Å². The van der Waals surface area contributed by atoms with Crippen LogP contribution in [0.5, 0.6) is 0 Å². The fourth-order valence-corrected chi connectivity index (χ4v) is 2.55. The van der Waals surface area contributed by atoms with E-state index in [4.69, 9.17) is 0 Å². The maximum atomic E-state index is 12.2. The molecule has 0 N–H and O–H groups in total. The lowest BCUT2D eigenvalue weighted by Gasteiger charge is -2.05. The molecule has 0 spiro atoms. The van der Waals surface area contributed by atoms with Crippen LogP contribution in [0, 0.1) is 13.8 Å². The van der Waals surface area contributed by atoms with Gasteiger partial charge in [-0.25, -0.2) is 0 Å². The average Bonchev–Trinajstić information content (AvgIpc) is 2.48. The minimum Gasteiger partial charge on any atom is -0.294 e. The third-order valence-electron chi connectivity index (χ3n) is 3.62. The highest BCUT2D eigenvalue weighted by Gasteiger charge is 2.06. The average molecular weight is 284 g/mol. The van der Waals surface area contributed by atoms with Crippen LogP contribution >= 0.6 is 11.8 Å². The van der Waals surface area contributed by atoms with Gasteiger partial charge in [0.1, 0.15) is 0 Å². The van der Waals surface area contributed by atoms with Crippen LogP contribution in [-0.4, -0.2) is 12.0 Å². The number of hydrogen-bond donors (Lipinski definition) is 0. The van der Waals surface area contributed by atoms with Gasteiger partial charge in [-0.05, 0) is 55.3 Å². The van der Waals surface area contributed by atoms with Crippen molar-refractivity contribution in [2.24, 2.45) is 0 Å². The molecule has 0 aliphatic carbocycles. The molecular formula is C18H20OS. The summed E-state index contributed by atoms with van der Waals surface area (Å²) in [5.41, 5.74) is 4.64. The maximum absolute atomic E-state index is 12.2. The fourth-order valence-electron chi connectivity index (χ4n) is 2.14. The Morgan fingerprint density at radius 1 is 1.00 bits per heavy atom. The number of thioether (sulfide) groups is 1. The summed E-state index contributed by atoms with van der Waals surface area (Å²) in [7, 11) is 0. The number of hydrogen-bond acceptors (Lipinski definition) is 2. The number of carbonyl (C=O) groups excluding carboxylic acids is 1. The zero-order valence-electron chi connectivity index (χ0n) is 12.3. The first-order valence-electron chi connectivity index (χ1n) is 6.83. The van der Waals surface area contributed by atoms with Crippen molar-refractivity contribution in [3.8, 4) is 0 Å². The van der Waals surface area contributed by atoms with Crippen LogP contribution in [0.1, 0.15) is 33.5 Å². The molecule has 20 heavy (non-hydrogen) atoms.